The van der Waals surface area contributed by atoms with Crippen molar-refractivity contribution in [3.05, 3.63) is 23.2 Å². The highest BCUT2D eigenvalue weighted by molar-refractivity contribution is 6.29. The minimum atomic E-state index is -0.932. The lowest BCUT2D eigenvalue weighted by molar-refractivity contribution is 0.0924. The molecule has 1 rings (SSSR count). The van der Waals surface area contributed by atoms with E-state index in [0.717, 1.165) is 0 Å². The lowest BCUT2D eigenvalue weighted by Crippen LogP contribution is -2.42. The number of nitrogens with zero attached hydrogens (tertiary/aromatic N) is 3. The van der Waals surface area contributed by atoms with E-state index in [1.54, 1.807) is 13.8 Å². The molecule has 1 amide bonds. The SMILES string of the molecule is CC(C)(C#N)NC(=O)c1cnc(Cl)cn1. The van der Waals surface area contributed by atoms with Gasteiger partial charge >= 0.3 is 0 Å². The topological polar surface area (TPSA) is 78.7 Å². The van der Waals surface area contributed by atoms with Crippen molar-refractivity contribution in [2.24, 2.45) is 0 Å². The summed E-state index contributed by atoms with van der Waals surface area (Å²) in [5, 5.41) is 11.4. The van der Waals surface area contributed by atoms with Gasteiger partial charge in [-0.2, -0.15) is 5.26 Å². The van der Waals surface area contributed by atoms with E-state index in [4.69, 9.17) is 16.9 Å². The molecule has 6 heteroatoms. The monoisotopic (exact) mass is 224 g/mol. The van der Waals surface area contributed by atoms with Crippen LogP contribution < -0.4 is 5.32 Å². The second-order valence-electron chi connectivity index (χ2n) is 3.42. The summed E-state index contributed by atoms with van der Waals surface area (Å²) in [6.07, 6.45) is 2.53. The van der Waals surface area contributed by atoms with Gasteiger partial charge in [0.2, 0.25) is 0 Å². The highest BCUT2D eigenvalue weighted by Crippen LogP contribution is 2.04. The van der Waals surface area contributed by atoms with Crippen molar-refractivity contribution in [3.8, 4) is 6.07 Å². The maximum atomic E-state index is 11.5. The average molecular weight is 225 g/mol. The van der Waals surface area contributed by atoms with Gasteiger partial charge in [-0.3, -0.25) is 4.79 Å². The molecule has 1 heterocycles. The van der Waals surface area contributed by atoms with Gasteiger partial charge in [-0.15, -0.1) is 0 Å². The van der Waals surface area contributed by atoms with Crippen LogP contribution in [0.5, 0.6) is 0 Å². The van der Waals surface area contributed by atoms with Crippen molar-refractivity contribution >= 4 is 17.5 Å². The van der Waals surface area contributed by atoms with Gasteiger partial charge in [0.1, 0.15) is 16.4 Å². The molecule has 0 aromatic carbocycles. The van der Waals surface area contributed by atoms with Crippen molar-refractivity contribution in [2.45, 2.75) is 19.4 Å². The largest absolute Gasteiger partial charge is 0.333 e. The number of nitriles is 1. The Hall–Kier alpha value is -1.67. The Morgan fingerprint density at radius 2 is 2.20 bits per heavy atom. The number of amides is 1. The summed E-state index contributed by atoms with van der Waals surface area (Å²) in [6, 6.07) is 1.95. The molecule has 0 saturated carbocycles. The van der Waals surface area contributed by atoms with E-state index >= 15 is 0 Å². The van der Waals surface area contributed by atoms with Crippen molar-refractivity contribution in [2.75, 3.05) is 0 Å². The van der Waals surface area contributed by atoms with E-state index in [2.05, 4.69) is 15.3 Å². The Balaban J connectivity index is 2.79. The molecule has 1 N–H and O–H groups in total. The number of rotatable bonds is 2. The summed E-state index contributed by atoms with van der Waals surface area (Å²) < 4.78 is 0. The van der Waals surface area contributed by atoms with Crippen LogP contribution in [-0.2, 0) is 0 Å². The molecule has 0 fully saturated rings. The normalized spacial score (nSPS) is 10.5. The summed E-state index contributed by atoms with van der Waals surface area (Å²) in [5.74, 6) is -0.453. The van der Waals surface area contributed by atoms with Gasteiger partial charge in [-0.25, -0.2) is 9.97 Å². The number of carbonyl (C=O) groups excluding carboxylic acids is 1. The minimum Gasteiger partial charge on any atom is -0.333 e. The van der Waals surface area contributed by atoms with Crippen LogP contribution in [0.3, 0.4) is 0 Å². The number of nitrogens with one attached hydrogen (secondary N) is 1. The van der Waals surface area contributed by atoms with Gasteiger partial charge < -0.3 is 5.32 Å². The molecule has 0 atom stereocenters. The summed E-state index contributed by atoms with van der Waals surface area (Å²) >= 11 is 5.52. The number of halogens is 1. The van der Waals surface area contributed by atoms with E-state index in [1.807, 2.05) is 6.07 Å². The average Bonchev–Trinajstić information content (AvgIpc) is 2.18. The van der Waals surface area contributed by atoms with E-state index < -0.39 is 11.4 Å². The molecule has 0 saturated heterocycles. The first kappa shape index (κ1) is 11.4. The third-order valence-electron chi connectivity index (χ3n) is 1.56. The summed E-state index contributed by atoms with van der Waals surface area (Å²) in [6.45, 7) is 3.18. The molecule has 0 spiro atoms. The third-order valence-corrected chi connectivity index (χ3v) is 1.75. The van der Waals surface area contributed by atoms with Crippen molar-refractivity contribution in [3.63, 3.8) is 0 Å². The van der Waals surface area contributed by atoms with Crippen molar-refractivity contribution in [1.82, 2.24) is 15.3 Å². The number of aromatic nitrogens is 2. The van der Waals surface area contributed by atoms with E-state index in [1.165, 1.54) is 12.4 Å². The molecule has 15 heavy (non-hydrogen) atoms. The number of carbonyl (C=O) groups is 1. The molecule has 0 radical (unpaired) electrons. The smallest absolute Gasteiger partial charge is 0.272 e. The summed E-state index contributed by atoms with van der Waals surface area (Å²) in [5.41, 5.74) is -0.805. The van der Waals surface area contributed by atoms with E-state index in [0.29, 0.717) is 0 Å². The van der Waals surface area contributed by atoms with Crippen LogP contribution >= 0.6 is 11.6 Å². The predicted octanol–water partition coefficient (Wildman–Crippen LogP) is 1.16. The molecule has 78 valence electrons. The van der Waals surface area contributed by atoms with Gasteiger partial charge in [0.25, 0.3) is 5.91 Å². The molecule has 1 aromatic heterocycles. The molecule has 1 aromatic rings. The zero-order valence-electron chi connectivity index (χ0n) is 8.28. The quantitative estimate of drug-likeness (QED) is 0.818. The fraction of sp³-hybridized carbons (Fsp3) is 0.333. The van der Waals surface area contributed by atoms with Gasteiger partial charge in [0.05, 0.1) is 18.5 Å². The fourth-order valence-corrected chi connectivity index (χ4v) is 0.903. The Morgan fingerprint density at radius 1 is 1.53 bits per heavy atom. The Bertz CT molecular complexity index is 407. The molecule has 0 aliphatic rings. The highest BCUT2D eigenvalue weighted by atomic mass is 35.5. The molecule has 5 nitrogen and oxygen atoms in total. The first-order valence-electron chi connectivity index (χ1n) is 4.16. The van der Waals surface area contributed by atoms with Crippen LogP contribution in [-0.4, -0.2) is 21.4 Å². The predicted molar refractivity (Wildman–Crippen MR) is 54.2 cm³/mol. The summed E-state index contributed by atoms with van der Waals surface area (Å²) in [7, 11) is 0. The van der Waals surface area contributed by atoms with Crippen LogP contribution in [0.4, 0.5) is 0 Å². The fourth-order valence-electron chi connectivity index (χ4n) is 0.805. The van der Waals surface area contributed by atoms with Crippen LogP contribution in [0, 0.1) is 11.3 Å². The van der Waals surface area contributed by atoms with Crippen LogP contribution in [0.25, 0.3) is 0 Å². The summed E-state index contributed by atoms with van der Waals surface area (Å²) in [4.78, 5) is 19.0. The standard InChI is InChI=1S/C9H9ClN4O/c1-9(2,5-11)14-8(15)6-3-13-7(10)4-12-6/h3-4H,1-2H3,(H,14,15). The second-order valence-corrected chi connectivity index (χ2v) is 3.80. The van der Waals surface area contributed by atoms with Crippen molar-refractivity contribution < 1.29 is 4.79 Å². The molecule has 0 aliphatic carbocycles. The lowest BCUT2D eigenvalue weighted by Gasteiger charge is -2.16. The molecular weight excluding hydrogens is 216 g/mol. The van der Waals surface area contributed by atoms with Gasteiger partial charge in [-0.05, 0) is 13.8 Å². The molecule has 0 unspecified atom stereocenters. The van der Waals surface area contributed by atoms with Crippen LogP contribution in [0.15, 0.2) is 12.4 Å². The van der Waals surface area contributed by atoms with E-state index in [9.17, 15) is 4.79 Å². The molecular formula is C9H9ClN4O. The van der Waals surface area contributed by atoms with Crippen LogP contribution in [0.2, 0.25) is 5.15 Å². The van der Waals surface area contributed by atoms with Gasteiger partial charge in [-0.1, -0.05) is 11.6 Å². The maximum Gasteiger partial charge on any atom is 0.272 e. The molecule has 0 aliphatic heterocycles. The number of hydrogen-bond acceptors (Lipinski definition) is 4. The van der Waals surface area contributed by atoms with Gasteiger partial charge in [0.15, 0.2) is 0 Å². The first-order valence-corrected chi connectivity index (χ1v) is 4.54. The highest BCUT2D eigenvalue weighted by Gasteiger charge is 2.20. The third kappa shape index (κ3) is 3.18. The van der Waals surface area contributed by atoms with Gasteiger partial charge in [0, 0.05) is 0 Å². The zero-order chi connectivity index (χ0) is 11.5. The first-order chi connectivity index (χ1) is 6.94. The maximum absolute atomic E-state index is 11.5. The Morgan fingerprint density at radius 3 is 2.67 bits per heavy atom. The number of hydrogen-bond donors (Lipinski definition) is 1. The van der Waals surface area contributed by atoms with Crippen LogP contribution in [0.1, 0.15) is 24.3 Å². The lowest BCUT2D eigenvalue weighted by atomic mass is 10.1. The van der Waals surface area contributed by atoms with Crippen molar-refractivity contribution in [1.29, 1.82) is 5.26 Å². The molecule has 0 bridgehead atoms. The minimum absolute atomic E-state index is 0.128. The Kier molecular flexibility index (Phi) is 3.22. The zero-order valence-corrected chi connectivity index (χ0v) is 9.04. The van der Waals surface area contributed by atoms with E-state index in [-0.39, 0.29) is 10.8 Å². The second kappa shape index (κ2) is 4.24. The Labute approximate surface area is 92.1 Å².